The Morgan fingerprint density at radius 3 is 2.15 bits per heavy atom. The topological polar surface area (TPSA) is 79.6 Å². The summed E-state index contributed by atoms with van der Waals surface area (Å²) in [7, 11) is 0. The molecule has 0 saturated heterocycles. The first-order valence-electron chi connectivity index (χ1n) is 6.92. The molecule has 0 radical (unpaired) electrons. The quantitative estimate of drug-likeness (QED) is 0.347. The number of hydrogen-bond donors (Lipinski definition) is 2. The van der Waals surface area contributed by atoms with Gasteiger partial charge in [0.25, 0.3) is 5.69 Å². The standard InChI is InChI=1S/C14H22N4O2/c1-3-9-15-14(16-10-4-2)17-11-12-5-7-13(8-6-12)18(19)20/h5-8H,3-4,9-11H2,1-2H3,(H2,15,16,17). The van der Waals surface area contributed by atoms with E-state index in [1.807, 2.05) is 0 Å². The van der Waals surface area contributed by atoms with Crippen molar-refractivity contribution >= 4 is 11.6 Å². The van der Waals surface area contributed by atoms with Crippen molar-refractivity contribution in [3.05, 3.63) is 39.9 Å². The Morgan fingerprint density at radius 1 is 1.15 bits per heavy atom. The number of nitrogens with one attached hydrogen (secondary N) is 2. The smallest absolute Gasteiger partial charge is 0.269 e. The van der Waals surface area contributed by atoms with Crippen LogP contribution in [0.5, 0.6) is 0 Å². The van der Waals surface area contributed by atoms with E-state index in [1.54, 1.807) is 12.1 Å². The van der Waals surface area contributed by atoms with Crippen molar-refractivity contribution in [2.45, 2.75) is 33.2 Å². The van der Waals surface area contributed by atoms with Gasteiger partial charge in [-0.3, -0.25) is 10.1 Å². The molecule has 1 rings (SSSR count). The van der Waals surface area contributed by atoms with Crippen LogP contribution in [0.1, 0.15) is 32.3 Å². The van der Waals surface area contributed by atoms with Gasteiger partial charge in [0.05, 0.1) is 11.5 Å². The molecule has 0 atom stereocenters. The third kappa shape index (κ3) is 5.69. The first kappa shape index (κ1) is 15.9. The van der Waals surface area contributed by atoms with Crippen molar-refractivity contribution in [3.63, 3.8) is 0 Å². The molecule has 6 heteroatoms. The zero-order chi connectivity index (χ0) is 14.8. The largest absolute Gasteiger partial charge is 0.356 e. The minimum atomic E-state index is -0.399. The average molecular weight is 278 g/mol. The summed E-state index contributed by atoms with van der Waals surface area (Å²) in [5, 5.41) is 17.0. The van der Waals surface area contributed by atoms with Gasteiger partial charge >= 0.3 is 0 Å². The van der Waals surface area contributed by atoms with Crippen LogP contribution >= 0.6 is 0 Å². The first-order chi connectivity index (χ1) is 9.67. The summed E-state index contributed by atoms with van der Waals surface area (Å²) in [5.74, 6) is 0.784. The fourth-order valence-electron chi connectivity index (χ4n) is 1.55. The third-order valence-electron chi connectivity index (χ3n) is 2.65. The molecule has 0 aliphatic rings. The summed E-state index contributed by atoms with van der Waals surface area (Å²) in [5.41, 5.74) is 1.05. The van der Waals surface area contributed by atoms with E-state index >= 15 is 0 Å². The highest BCUT2D eigenvalue weighted by Crippen LogP contribution is 2.12. The molecule has 0 aliphatic carbocycles. The van der Waals surface area contributed by atoms with Gasteiger partial charge in [-0.1, -0.05) is 26.0 Å². The molecular weight excluding hydrogens is 256 g/mol. The number of non-ortho nitro benzene ring substituents is 1. The Hall–Kier alpha value is -2.11. The summed E-state index contributed by atoms with van der Waals surface area (Å²) in [6.07, 6.45) is 2.06. The van der Waals surface area contributed by atoms with Gasteiger partial charge in [0.2, 0.25) is 0 Å². The van der Waals surface area contributed by atoms with E-state index in [0.29, 0.717) is 6.54 Å². The number of aliphatic imine (C=N–C) groups is 1. The maximum absolute atomic E-state index is 10.6. The number of hydrogen-bond acceptors (Lipinski definition) is 3. The van der Waals surface area contributed by atoms with E-state index in [0.717, 1.165) is 37.5 Å². The molecule has 1 aromatic carbocycles. The van der Waals surface area contributed by atoms with E-state index in [1.165, 1.54) is 12.1 Å². The van der Waals surface area contributed by atoms with Crippen molar-refractivity contribution in [1.29, 1.82) is 0 Å². The molecule has 20 heavy (non-hydrogen) atoms. The lowest BCUT2D eigenvalue weighted by atomic mass is 10.2. The van der Waals surface area contributed by atoms with Crippen LogP contribution in [0.15, 0.2) is 29.3 Å². The third-order valence-corrected chi connectivity index (χ3v) is 2.65. The van der Waals surface area contributed by atoms with Crippen molar-refractivity contribution in [2.75, 3.05) is 13.1 Å². The van der Waals surface area contributed by atoms with E-state index in [9.17, 15) is 10.1 Å². The molecule has 110 valence electrons. The van der Waals surface area contributed by atoms with E-state index in [4.69, 9.17) is 0 Å². The van der Waals surface area contributed by atoms with Crippen LogP contribution in [0.4, 0.5) is 5.69 Å². The summed E-state index contributed by atoms with van der Waals surface area (Å²) in [6, 6.07) is 6.48. The Morgan fingerprint density at radius 2 is 1.70 bits per heavy atom. The molecule has 2 N–H and O–H groups in total. The Kier molecular flexibility index (Phi) is 7.10. The van der Waals surface area contributed by atoms with E-state index < -0.39 is 4.92 Å². The zero-order valence-electron chi connectivity index (χ0n) is 12.1. The Bertz CT molecular complexity index is 433. The first-order valence-corrected chi connectivity index (χ1v) is 6.92. The molecule has 0 bridgehead atoms. The molecule has 6 nitrogen and oxygen atoms in total. The highest BCUT2D eigenvalue weighted by atomic mass is 16.6. The molecule has 0 saturated carbocycles. The maximum Gasteiger partial charge on any atom is 0.269 e. The average Bonchev–Trinajstić information content (AvgIpc) is 2.47. The Labute approximate surface area is 119 Å². The minimum absolute atomic E-state index is 0.103. The lowest BCUT2D eigenvalue weighted by Gasteiger charge is -2.11. The molecule has 0 fully saturated rings. The van der Waals surface area contributed by atoms with Crippen LogP contribution in [0.3, 0.4) is 0 Å². The van der Waals surface area contributed by atoms with Gasteiger partial charge in [-0.2, -0.15) is 0 Å². The molecule has 0 spiro atoms. The van der Waals surface area contributed by atoms with Crippen LogP contribution in [0, 0.1) is 10.1 Å². The lowest BCUT2D eigenvalue weighted by molar-refractivity contribution is -0.384. The Balaban J connectivity index is 2.62. The van der Waals surface area contributed by atoms with Crippen molar-refractivity contribution < 1.29 is 4.92 Å². The number of nitro benzene ring substituents is 1. The normalized spacial score (nSPS) is 9.90. The van der Waals surface area contributed by atoms with Crippen molar-refractivity contribution in [3.8, 4) is 0 Å². The summed E-state index contributed by atoms with van der Waals surface area (Å²) >= 11 is 0. The number of rotatable bonds is 7. The lowest BCUT2D eigenvalue weighted by Crippen LogP contribution is -2.38. The maximum atomic E-state index is 10.6. The molecule has 0 aliphatic heterocycles. The van der Waals surface area contributed by atoms with Gasteiger partial charge in [0.15, 0.2) is 5.96 Å². The number of nitrogens with zero attached hydrogens (tertiary/aromatic N) is 2. The fraction of sp³-hybridized carbons (Fsp3) is 0.500. The van der Waals surface area contributed by atoms with Crippen LogP contribution in [0.2, 0.25) is 0 Å². The monoisotopic (exact) mass is 278 g/mol. The number of nitro groups is 1. The summed E-state index contributed by atoms with van der Waals surface area (Å²) < 4.78 is 0. The predicted octanol–water partition coefficient (Wildman–Crippen LogP) is 2.45. The van der Waals surface area contributed by atoms with Crippen molar-refractivity contribution in [2.24, 2.45) is 4.99 Å². The van der Waals surface area contributed by atoms with Crippen molar-refractivity contribution in [1.82, 2.24) is 10.6 Å². The highest BCUT2D eigenvalue weighted by Gasteiger charge is 2.03. The van der Waals surface area contributed by atoms with Gasteiger partial charge in [0.1, 0.15) is 0 Å². The van der Waals surface area contributed by atoms with Crippen LogP contribution in [-0.4, -0.2) is 24.0 Å². The van der Waals surface area contributed by atoms with Crippen LogP contribution in [-0.2, 0) is 6.54 Å². The van der Waals surface area contributed by atoms with Gasteiger partial charge in [0, 0.05) is 25.2 Å². The van der Waals surface area contributed by atoms with Gasteiger partial charge in [-0.15, -0.1) is 0 Å². The van der Waals surface area contributed by atoms with Crippen LogP contribution < -0.4 is 10.6 Å². The highest BCUT2D eigenvalue weighted by molar-refractivity contribution is 5.79. The second kappa shape index (κ2) is 8.90. The minimum Gasteiger partial charge on any atom is -0.356 e. The molecule has 1 aromatic rings. The number of guanidine groups is 1. The number of benzene rings is 1. The molecule has 0 heterocycles. The molecule has 0 unspecified atom stereocenters. The van der Waals surface area contributed by atoms with Crippen LogP contribution in [0.25, 0.3) is 0 Å². The summed E-state index contributed by atoms with van der Waals surface area (Å²) in [4.78, 5) is 14.6. The van der Waals surface area contributed by atoms with E-state index in [2.05, 4.69) is 29.5 Å². The fourth-order valence-corrected chi connectivity index (χ4v) is 1.55. The van der Waals surface area contributed by atoms with Gasteiger partial charge < -0.3 is 10.6 Å². The molecule has 0 aromatic heterocycles. The van der Waals surface area contributed by atoms with E-state index in [-0.39, 0.29) is 5.69 Å². The van der Waals surface area contributed by atoms with Gasteiger partial charge in [-0.05, 0) is 18.4 Å². The second-order valence-corrected chi connectivity index (χ2v) is 4.44. The van der Waals surface area contributed by atoms with Gasteiger partial charge in [-0.25, -0.2) is 4.99 Å². The zero-order valence-corrected chi connectivity index (χ0v) is 12.1. The predicted molar refractivity (Wildman–Crippen MR) is 80.8 cm³/mol. The molecule has 0 amide bonds. The summed E-state index contributed by atoms with van der Waals surface area (Å²) in [6.45, 7) is 6.44. The molecular formula is C14H22N4O2. The second-order valence-electron chi connectivity index (χ2n) is 4.44. The SMILES string of the molecule is CCCNC(=NCc1ccc([N+](=O)[O-])cc1)NCCC.